The van der Waals surface area contributed by atoms with Crippen LogP contribution >= 0.6 is 11.8 Å². The normalized spacial score (nSPS) is 17.1. The standard InChI is InChI=1S/C17H18N2OS/c1-13-16(9-10-20-13)21-12-17(11-18,19-15-7-8-15)14-5-3-2-4-6-14/h2-6,9-10,15,19H,7-8,12H2,1H3. The van der Waals surface area contributed by atoms with Crippen LogP contribution in [0.4, 0.5) is 0 Å². The quantitative estimate of drug-likeness (QED) is 0.823. The van der Waals surface area contributed by atoms with E-state index < -0.39 is 5.54 Å². The third-order valence-electron chi connectivity index (χ3n) is 3.74. The molecule has 2 aromatic rings. The van der Waals surface area contributed by atoms with Gasteiger partial charge in [0.1, 0.15) is 11.3 Å². The SMILES string of the molecule is Cc1occc1SCC(C#N)(NC1CC1)c1ccccc1. The van der Waals surface area contributed by atoms with Crippen LogP contribution in [-0.4, -0.2) is 11.8 Å². The molecule has 3 nitrogen and oxygen atoms in total. The van der Waals surface area contributed by atoms with Gasteiger partial charge < -0.3 is 4.42 Å². The predicted octanol–water partition coefficient (Wildman–Crippen LogP) is 3.85. The molecule has 0 saturated heterocycles. The second-order valence-corrected chi connectivity index (χ2v) is 6.45. The van der Waals surface area contributed by atoms with E-state index in [1.165, 1.54) is 0 Å². The zero-order chi connectivity index (χ0) is 14.7. The van der Waals surface area contributed by atoms with Gasteiger partial charge in [-0.25, -0.2) is 0 Å². The van der Waals surface area contributed by atoms with Gasteiger partial charge >= 0.3 is 0 Å². The molecule has 108 valence electrons. The summed E-state index contributed by atoms with van der Waals surface area (Å²) >= 11 is 1.67. The van der Waals surface area contributed by atoms with E-state index in [9.17, 15) is 5.26 Å². The summed E-state index contributed by atoms with van der Waals surface area (Å²) in [7, 11) is 0. The molecular formula is C17H18N2OS. The highest BCUT2D eigenvalue weighted by Crippen LogP contribution is 2.34. The summed E-state index contributed by atoms with van der Waals surface area (Å²) in [5.41, 5.74) is 0.393. The first-order chi connectivity index (χ1) is 10.2. The molecule has 0 aliphatic heterocycles. The number of nitrogens with zero attached hydrogens (tertiary/aromatic N) is 1. The van der Waals surface area contributed by atoms with Crippen molar-refractivity contribution in [2.75, 3.05) is 5.75 Å². The van der Waals surface area contributed by atoms with Crippen LogP contribution in [0.25, 0.3) is 0 Å². The van der Waals surface area contributed by atoms with Crippen LogP contribution in [0, 0.1) is 18.3 Å². The molecular weight excluding hydrogens is 280 g/mol. The van der Waals surface area contributed by atoms with Crippen LogP contribution in [0.1, 0.15) is 24.2 Å². The lowest BCUT2D eigenvalue weighted by Gasteiger charge is -2.28. The minimum atomic E-state index is -0.642. The molecule has 1 unspecified atom stereocenters. The summed E-state index contributed by atoms with van der Waals surface area (Å²) < 4.78 is 5.34. The molecule has 1 aromatic carbocycles. The number of nitrogens with one attached hydrogen (secondary N) is 1. The van der Waals surface area contributed by atoms with Crippen molar-refractivity contribution in [1.29, 1.82) is 5.26 Å². The Labute approximate surface area is 129 Å². The van der Waals surface area contributed by atoms with E-state index >= 15 is 0 Å². The fourth-order valence-electron chi connectivity index (χ4n) is 2.35. The average Bonchev–Trinajstić information content (AvgIpc) is 3.25. The van der Waals surface area contributed by atoms with Crippen molar-refractivity contribution in [3.05, 3.63) is 54.0 Å². The number of furan rings is 1. The largest absolute Gasteiger partial charge is 0.468 e. The first-order valence-electron chi connectivity index (χ1n) is 7.15. The van der Waals surface area contributed by atoms with Gasteiger partial charge in [-0.3, -0.25) is 5.32 Å². The number of aryl methyl sites for hydroxylation is 1. The van der Waals surface area contributed by atoms with Crippen molar-refractivity contribution in [2.24, 2.45) is 0 Å². The molecule has 1 saturated carbocycles. The van der Waals surface area contributed by atoms with Gasteiger partial charge in [0.15, 0.2) is 0 Å². The Morgan fingerprint density at radius 2 is 2.10 bits per heavy atom. The molecule has 0 amide bonds. The van der Waals surface area contributed by atoms with Crippen molar-refractivity contribution in [1.82, 2.24) is 5.32 Å². The number of thioether (sulfide) groups is 1. The number of nitriles is 1. The van der Waals surface area contributed by atoms with Gasteiger partial charge in [-0.2, -0.15) is 5.26 Å². The lowest BCUT2D eigenvalue weighted by molar-refractivity contribution is 0.470. The third kappa shape index (κ3) is 3.15. The monoisotopic (exact) mass is 298 g/mol. The number of benzene rings is 1. The fraction of sp³-hybridized carbons (Fsp3) is 0.353. The molecule has 21 heavy (non-hydrogen) atoms. The highest BCUT2D eigenvalue weighted by Gasteiger charge is 2.38. The van der Waals surface area contributed by atoms with Crippen LogP contribution in [-0.2, 0) is 5.54 Å². The van der Waals surface area contributed by atoms with Gasteiger partial charge in [-0.05, 0) is 31.4 Å². The minimum Gasteiger partial charge on any atom is -0.468 e. The Kier molecular flexibility index (Phi) is 4.05. The van der Waals surface area contributed by atoms with Crippen LogP contribution < -0.4 is 5.32 Å². The van der Waals surface area contributed by atoms with E-state index in [2.05, 4.69) is 11.4 Å². The van der Waals surface area contributed by atoms with Gasteiger partial charge in [0.25, 0.3) is 0 Å². The maximum atomic E-state index is 9.86. The maximum absolute atomic E-state index is 9.86. The molecule has 1 atom stereocenters. The van der Waals surface area contributed by atoms with Gasteiger partial charge in [0, 0.05) is 16.7 Å². The Morgan fingerprint density at radius 1 is 1.33 bits per heavy atom. The van der Waals surface area contributed by atoms with Crippen molar-refractivity contribution in [3.63, 3.8) is 0 Å². The average molecular weight is 298 g/mol. The highest BCUT2D eigenvalue weighted by molar-refractivity contribution is 7.99. The molecule has 1 aromatic heterocycles. The van der Waals surface area contributed by atoms with Crippen molar-refractivity contribution in [2.45, 2.75) is 36.2 Å². The number of hydrogen-bond acceptors (Lipinski definition) is 4. The lowest BCUT2D eigenvalue weighted by atomic mass is 9.93. The molecule has 4 heteroatoms. The second-order valence-electron chi connectivity index (χ2n) is 5.43. The van der Waals surface area contributed by atoms with E-state index in [1.54, 1.807) is 18.0 Å². The van der Waals surface area contributed by atoms with Crippen molar-refractivity contribution >= 4 is 11.8 Å². The van der Waals surface area contributed by atoms with Gasteiger partial charge in [0.05, 0.1) is 12.3 Å². The molecule has 0 bridgehead atoms. The molecule has 3 rings (SSSR count). The van der Waals surface area contributed by atoms with Gasteiger partial charge in [-0.1, -0.05) is 30.3 Å². The first-order valence-corrected chi connectivity index (χ1v) is 8.13. The molecule has 1 aliphatic rings. The van der Waals surface area contributed by atoms with Crippen molar-refractivity contribution in [3.8, 4) is 6.07 Å². The van der Waals surface area contributed by atoms with E-state index in [0.717, 1.165) is 29.1 Å². The Hall–Kier alpha value is -1.70. The van der Waals surface area contributed by atoms with E-state index in [4.69, 9.17) is 4.42 Å². The predicted molar refractivity (Wildman–Crippen MR) is 84.1 cm³/mol. The summed E-state index contributed by atoms with van der Waals surface area (Å²) in [4.78, 5) is 1.10. The molecule has 1 aliphatic carbocycles. The second kappa shape index (κ2) is 5.97. The zero-order valence-corrected chi connectivity index (χ0v) is 12.8. The van der Waals surface area contributed by atoms with Crippen LogP contribution in [0.2, 0.25) is 0 Å². The molecule has 1 heterocycles. The first kappa shape index (κ1) is 14.2. The van der Waals surface area contributed by atoms with E-state index in [1.807, 2.05) is 43.3 Å². The molecule has 1 fully saturated rings. The fourth-order valence-corrected chi connectivity index (χ4v) is 3.44. The van der Waals surface area contributed by atoms with Gasteiger partial charge in [-0.15, -0.1) is 11.8 Å². The lowest BCUT2D eigenvalue weighted by Crippen LogP contribution is -2.44. The topological polar surface area (TPSA) is 49.0 Å². The summed E-state index contributed by atoms with van der Waals surface area (Å²) in [5, 5.41) is 13.4. The zero-order valence-electron chi connectivity index (χ0n) is 12.0. The Bertz CT molecular complexity index is 642. The summed E-state index contributed by atoms with van der Waals surface area (Å²) in [6, 6.07) is 15.0. The van der Waals surface area contributed by atoms with Gasteiger partial charge in [0.2, 0.25) is 0 Å². The summed E-state index contributed by atoms with van der Waals surface area (Å²) in [6.45, 7) is 1.95. The summed E-state index contributed by atoms with van der Waals surface area (Å²) in [5.74, 6) is 1.58. The molecule has 0 spiro atoms. The summed E-state index contributed by atoms with van der Waals surface area (Å²) in [6.07, 6.45) is 4.01. The molecule has 1 N–H and O–H groups in total. The van der Waals surface area contributed by atoms with Crippen LogP contribution in [0.15, 0.2) is 52.0 Å². The van der Waals surface area contributed by atoms with E-state index in [-0.39, 0.29) is 0 Å². The van der Waals surface area contributed by atoms with Crippen LogP contribution in [0.3, 0.4) is 0 Å². The molecule has 0 radical (unpaired) electrons. The number of rotatable bonds is 6. The van der Waals surface area contributed by atoms with E-state index in [0.29, 0.717) is 11.8 Å². The van der Waals surface area contributed by atoms with Crippen LogP contribution in [0.5, 0.6) is 0 Å². The maximum Gasteiger partial charge on any atom is 0.141 e. The Balaban J connectivity index is 1.85. The highest BCUT2D eigenvalue weighted by atomic mass is 32.2. The Morgan fingerprint density at radius 3 is 2.67 bits per heavy atom. The third-order valence-corrected chi connectivity index (χ3v) is 5.05. The number of hydrogen-bond donors (Lipinski definition) is 1. The minimum absolute atomic E-state index is 0.468. The van der Waals surface area contributed by atoms with Crippen molar-refractivity contribution < 1.29 is 4.42 Å². The smallest absolute Gasteiger partial charge is 0.141 e.